The molecule has 1 aromatic carbocycles. The summed E-state index contributed by atoms with van der Waals surface area (Å²) in [5.74, 6) is -1.14. The Hall–Kier alpha value is -2.15. The first-order valence-electron chi connectivity index (χ1n) is 4.92. The van der Waals surface area contributed by atoms with Gasteiger partial charge in [-0.25, -0.2) is 13.2 Å². The van der Waals surface area contributed by atoms with Crippen molar-refractivity contribution >= 4 is 21.0 Å². The zero-order valence-corrected chi connectivity index (χ0v) is 10.1. The largest absolute Gasteiger partial charge is 0.476 e. The van der Waals surface area contributed by atoms with Gasteiger partial charge in [0.05, 0.1) is 5.41 Å². The lowest BCUT2D eigenvalue weighted by Crippen LogP contribution is -2.16. The molecular weight excluding hydrogens is 258 g/mol. The maximum Gasteiger partial charge on any atom is 0.355 e. The molecule has 1 heterocycles. The van der Waals surface area contributed by atoms with Crippen molar-refractivity contribution < 1.29 is 23.1 Å². The SMILES string of the molecule is Cc1ccc(OC2=NC(C(=O)O)=CS2(=O)=O)cc1. The number of aliphatic imine (C=N–C) groups is 1. The molecule has 0 spiro atoms. The lowest BCUT2D eigenvalue weighted by molar-refractivity contribution is -0.132. The summed E-state index contributed by atoms with van der Waals surface area (Å²) in [5, 5.41) is 8.62. The molecule has 7 heteroatoms. The number of aryl methyl sites for hydroxylation is 1. The van der Waals surface area contributed by atoms with Gasteiger partial charge in [0.25, 0.3) is 9.84 Å². The van der Waals surface area contributed by atoms with Crippen molar-refractivity contribution in [3.05, 3.63) is 40.9 Å². The Bertz CT molecular complexity index is 655. The Labute approximate surface area is 103 Å². The van der Waals surface area contributed by atoms with Crippen LogP contribution in [0.2, 0.25) is 0 Å². The third-order valence-corrected chi connectivity index (χ3v) is 3.36. The van der Waals surface area contributed by atoms with E-state index in [0.29, 0.717) is 5.41 Å². The Morgan fingerprint density at radius 3 is 2.39 bits per heavy atom. The fourth-order valence-corrected chi connectivity index (χ4v) is 2.26. The van der Waals surface area contributed by atoms with E-state index in [9.17, 15) is 13.2 Å². The van der Waals surface area contributed by atoms with Crippen LogP contribution >= 0.6 is 0 Å². The minimum absolute atomic E-state index is 0.281. The minimum Gasteiger partial charge on any atom is -0.476 e. The Morgan fingerprint density at radius 2 is 1.89 bits per heavy atom. The van der Waals surface area contributed by atoms with Crippen LogP contribution in [-0.4, -0.2) is 24.7 Å². The summed E-state index contributed by atoms with van der Waals surface area (Å²) in [7, 11) is -3.90. The number of benzene rings is 1. The fraction of sp³-hybridized carbons (Fsp3) is 0.0909. The third kappa shape index (κ3) is 2.40. The zero-order valence-electron chi connectivity index (χ0n) is 9.32. The molecule has 0 aliphatic carbocycles. The molecule has 94 valence electrons. The van der Waals surface area contributed by atoms with E-state index in [1.165, 1.54) is 0 Å². The van der Waals surface area contributed by atoms with Crippen LogP contribution in [0.3, 0.4) is 0 Å². The summed E-state index contributed by atoms with van der Waals surface area (Å²) in [6.07, 6.45) is 0. The first-order chi connectivity index (χ1) is 8.38. The minimum atomic E-state index is -3.90. The van der Waals surface area contributed by atoms with Crippen molar-refractivity contribution in [1.82, 2.24) is 0 Å². The molecule has 1 aromatic rings. The summed E-state index contributed by atoms with van der Waals surface area (Å²) < 4.78 is 28.2. The zero-order chi connectivity index (χ0) is 13.3. The maximum absolute atomic E-state index is 11.6. The van der Waals surface area contributed by atoms with E-state index in [1.54, 1.807) is 24.3 Å². The molecular formula is C11H9NO5S. The summed E-state index contributed by atoms with van der Waals surface area (Å²) in [4.78, 5) is 14.1. The second-order valence-corrected chi connectivity index (χ2v) is 5.32. The first kappa shape index (κ1) is 12.3. The Balaban J connectivity index is 2.28. The van der Waals surface area contributed by atoms with Gasteiger partial charge in [0, 0.05) is 0 Å². The number of ether oxygens (including phenoxy) is 1. The number of hydrogen-bond donors (Lipinski definition) is 1. The molecule has 1 N–H and O–H groups in total. The monoisotopic (exact) mass is 267 g/mol. The van der Waals surface area contributed by atoms with Crippen LogP contribution in [0, 0.1) is 6.92 Å². The number of carboxylic acid groups (broad SMARTS) is 1. The Morgan fingerprint density at radius 1 is 1.28 bits per heavy atom. The molecule has 0 fully saturated rings. The van der Waals surface area contributed by atoms with Gasteiger partial charge >= 0.3 is 11.2 Å². The molecule has 0 radical (unpaired) electrons. The van der Waals surface area contributed by atoms with E-state index in [0.717, 1.165) is 5.56 Å². The van der Waals surface area contributed by atoms with Gasteiger partial charge in [-0.2, -0.15) is 4.99 Å². The van der Waals surface area contributed by atoms with Crippen LogP contribution in [0.25, 0.3) is 0 Å². The summed E-state index contributed by atoms with van der Waals surface area (Å²) in [6, 6.07) is 6.63. The van der Waals surface area contributed by atoms with Gasteiger partial charge in [0.1, 0.15) is 5.75 Å². The quantitative estimate of drug-likeness (QED) is 0.865. The highest BCUT2D eigenvalue weighted by molar-refractivity contribution is 8.08. The average molecular weight is 267 g/mol. The lowest BCUT2D eigenvalue weighted by atomic mass is 10.2. The van der Waals surface area contributed by atoms with E-state index < -0.39 is 26.7 Å². The van der Waals surface area contributed by atoms with Crippen molar-refractivity contribution in [2.45, 2.75) is 6.92 Å². The number of aliphatic carboxylic acids is 1. The summed E-state index contributed by atoms with van der Waals surface area (Å²) >= 11 is 0. The van der Waals surface area contributed by atoms with E-state index in [-0.39, 0.29) is 5.75 Å². The second kappa shape index (κ2) is 4.26. The van der Waals surface area contributed by atoms with Crippen LogP contribution in [-0.2, 0) is 14.6 Å². The molecule has 0 amide bonds. The predicted molar refractivity (Wildman–Crippen MR) is 63.9 cm³/mol. The Kier molecular flexibility index (Phi) is 2.92. The molecule has 2 rings (SSSR count). The van der Waals surface area contributed by atoms with Crippen molar-refractivity contribution in [1.29, 1.82) is 0 Å². The average Bonchev–Trinajstić information content (AvgIpc) is 2.58. The van der Waals surface area contributed by atoms with Crippen LogP contribution < -0.4 is 4.74 Å². The predicted octanol–water partition coefficient (Wildman–Crippen LogP) is 1.08. The normalized spacial score (nSPS) is 16.9. The molecule has 1 aliphatic rings. The maximum atomic E-state index is 11.6. The molecule has 0 bridgehead atoms. The number of rotatable bonds is 2. The summed E-state index contributed by atoms with van der Waals surface area (Å²) in [6.45, 7) is 1.87. The topological polar surface area (TPSA) is 93.0 Å². The van der Waals surface area contributed by atoms with E-state index in [1.807, 2.05) is 6.92 Å². The molecule has 0 saturated carbocycles. The fourth-order valence-electron chi connectivity index (χ4n) is 1.27. The summed E-state index contributed by atoms with van der Waals surface area (Å²) in [5.41, 5.74) is 0.431. The molecule has 0 unspecified atom stereocenters. The van der Waals surface area contributed by atoms with Gasteiger partial charge in [0.15, 0.2) is 5.70 Å². The van der Waals surface area contributed by atoms with Crippen molar-refractivity contribution in [3.8, 4) is 5.75 Å². The third-order valence-electron chi connectivity index (χ3n) is 2.17. The van der Waals surface area contributed by atoms with Crippen molar-refractivity contribution in [2.75, 3.05) is 0 Å². The van der Waals surface area contributed by atoms with Gasteiger partial charge in [-0.05, 0) is 19.1 Å². The number of carbonyl (C=O) groups is 1. The highest BCUT2D eigenvalue weighted by atomic mass is 32.2. The first-order valence-corrected chi connectivity index (χ1v) is 6.46. The van der Waals surface area contributed by atoms with Crippen LogP contribution in [0.4, 0.5) is 0 Å². The van der Waals surface area contributed by atoms with Crippen molar-refractivity contribution in [2.24, 2.45) is 4.99 Å². The molecule has 0 saturated heterocycles. The van der Waals surface area contributed by atoms with Gasteiger partial charge in [-0.15, -0.1) is 0 Å². The van der Waals surface area contributed by atoms with E-state index in [4.69, 9.17) is 9.84 Å². The van der Waals surface area contributed by atoms with Gasteiger partial charge in [-0.1, -0.05) is 17.7 Å². The molecule has 1 aliphatic heterocycles. The molecule has 0 aromatic heterocycles. The van der Waals surface area contributed by atoms with Crippen LogP contribution in [0.15, 0.2) is 40.4 Å². The number of nitrogens with zero attached hydrogens (tertiary/aromatic N) is 1. The van der Waals surface area contributed by atoms with E-state index in [2.05, 4.69) is 4.99 Å². The number of sulfone groups is 1. The lowest BCUT2D eigenvalue weighted by Gasteiger charge is -2.04. The number of hydrogen-bond acceptors (Lipinski definition) is 5. The number of carboxylic acids is 1. The molecule has 6 nitrogen and oxygen atoms in total. The highest BCUT2D eigenvalue weighted by Crippen LogP contribution is 2.19. The highest BCUT2D eigenvalue weighted by Gasteiger charge is 2.30. The van der Waals surface area contributed by atoms with Crippen LogP contribution in [0.1, 0.15) is 5.56 Å². The van der Waals surface area contributed by atoms with Crippen molar-refractivity contribution in [3.63, 3.8) is 0 Å². The molecule has 18 heavy (non-hydrogen) atoms. The van der Waals surface area contributed by atoms with Gasteiger partial charge in [0.2, 0.25) is 0 Å². The van der Waals surface area contributed by atoms with Gasteiger partial charge < -0.3 is 9.84 Å². The second-order valence-electron chi connectivity index (χ2n) is 3.65. The van der Waals surface area contributed by atoms with E-state index >= 15 is 0 Å². The van der Waals surface area contributed by atoms with Gasteiger partial charge in [-0.3, -0.25) is 0 Å². The smallest absolute Gasteiger partial charge is 0.355 e. The van der Waals surface area contributed by atoms with Crippen LogP contribution in [0.5, 0.6) is 5.75 Å². The molecule has 0 atom stereocenters. The standard InChI is InChI=1S/C11H9NO5S/c1-7-2-4-8(5-3-7)17-11-12-9(10(13)14)6-18(11,15)16/h2-6H,1H3,(H,13,14).